The lowest BCUT2D eigenvalue weighted by molar-refractivity contribution is -0.120. The number of hydrogen-bond acceptors (Lipinski definition) is 4. The lowest BCUT2D eigenvalue weighted by Crippen LogP contribution is -2.30. The van der Waals surface area contributed by atoms with Crippen LogP contribution in [0.15, 0.2) is 4.99 Å². The second kappa shape index (κ2) is 4.19. The molecule has 17 heavy (non-hydrogen) atoms. The van der Waals surface area contributed by atoms with Gasteiger partial charge in [0.2, 0.25) is 0 Å². The van der Waals surface area contributed by atoms with Gasteiger partial charge in [0, 0.05) is 18.6 Å². The topological polar surface area (TPSA) is 63.6 Å². The van der Waals surface area contributed by atoms with Crippen LogP contribution in [0.1, 0.15) is 39.5 Å². The van der Waals surface area contributed by atoms with Crippen molar-refractivity contribution in [3.8, 4) is 0 Å². The van der Waals surface area contributed by atoms with Crippen LogP contribution in [0.3, 0.4) is 0 Å². The van der Waals surface area contributed by atoms with Crippen LogP contribution < -0.4 is 0 Å². The van der Waals surface area contributed by atoms with E-state index >= 15 is 0 Å². The first-order valence-electron chi connectivity index (χ1n) is 6.03. The first-order valence-corrected chi connectivity index (χ1v) is 7.86. The van der Waals surface area contributed by atoms with Gasteiger partial charge in [0.15, 0.2) is 9.84 Å². The minimum absolute atomic E-state index is 0.0222. The average molecular weight is 257 g/mol. The first-order chi connectivity index (χ1) is 7.76. The molecule has 0 spiro atoms. The molecule has 1 aliphatic carbocycles. The Labute approximate surface area is 102 Å². The molecule has 1 saturated heterocycles. The molecule has 1 aliphatic heterocycles. The summed E-state index contributed by atoms with van der Waals surface area (Å²) < 4.78 is 22.7. The third kappa shape index (κ3) is 3.37. The molecule has 0 aromatic rings. The van der Waals surface area contributed by atoms with E-state index in [9.17, 15) is 13.2 Å². The van der Waals surface area contributed by atoms with Gasteiger partial charge in [-0.15, -0.1) is 0 Å². The molecular formula is C12H19NO3S. The number of sulfone groups is 1. The number of carbonyl (C=O) groups is 1. The number of hydrogen-bond donors (Lipinski definition) is 0. The number of aliphatic imine (C=N–C) groups is 1. The fourth-order valence-electron chi connectivity index (χ4n) is 2.73. The Morgan fingerprint density at radius 1 is 1.29 bits per heavy atom. The van der Waals surface area contributed by atoms with Gasteiger partial charge in [0.1, 0.15) is 5.78 Å². The van der Waals surface area contributed by atoms with E-state index in [-0.39, 0.29) is 28.7 Å². The van der Waals surface area contributed by atoms with Crippen molar-refractivity contribution in [3.05, 3.63) is 0 Å². The average Bonchev–Trinajstić information content (AvgIpc) is 2.41. The smallest absolute Gasteiger partial charge is 0.152 e. The molecule has 1 saturated carbocycles. The van der Waals surface area contributed by atoms with Gasteiger partial charge in [-0.1, -0.05) is 13.8 Å². The van der Waals surface area contributed by atoms with Gasteiger partial charge in [-0.05, 0) is 18.3 Å². The van der Waals surface area contributed by atoms with Gasteiger partial charge in [0.05, 0.1) is 17.5 Å². The number of carbonyl (C=O) groups excluding carboxylic acids is 1. The van der Waals surface area contributed by atoms with Crippen molar-refractivity contribution in [2.24, 2.45) is 10.4 Å². The minimum Gasteiger partial charge on any atom is -0.299 e. The fourth-order valence-corrected chi connectivity index (χ4v) is 4.35. The van der Waals surface area contributed by atoms with Gasteiger partial charge in [-0.25, -0.2) is 8.42 Å². The number of nitrogens with zero attached hydrogens (tertiary/aromatic N) is 1. The second-order valence-corrected chi connectivity index (χ2v) is 8.21. The second-order valence-electron chi connectivity index (χ2n) is 5.99. The quantitative estimate of drug-likeness (QED) is 0.713. The predicted octanol–water partition coefficient (Wildman–Crippen LogP) is 1.39. The molecule has 0 bridgehead atoms. The molecule has 5 heteroatoms. The Balaban J connectivity index is 2.10. The van der Waals surface area contributed by atoms with Crippen molar-refractivity contribution in [3.63, 3.8) is 0 Å². The van der Waals surface area contributed by atoms with Crippen molar-refractivity contribution in [1.82, 2.24) is 0 Å². The molecule has 1 unspecified atom stereocenters. The summed E-state index contributed by atoms with van der Waals surface area (Å²) in [6, 6.07) is -0.114. The maximum absolute atomic E-state index is 11.6. The molecule has 2 aliphatic rings. The highest BCUT2D eigenvalue weighted by molar-refractivity contribution is 7.91. The zero-order chi connectivity index (χ0) is 12.7. The lowest BCUT2D eigenvalue weighted by atomic mass is 9.76. The maximum atomic E-state index is 11.6. The Morgan fingerprint density at radius 2 is 2.00 bits per heavy atom. The number of Topliss-reactive ketones (excluding diaryl/α,β-unsaturated/α-hetero) is 1. The van der Waals surface area contributed by atoms with Crippen LogP contribution in [0.4, 0.5) is 0 Å². The molecule has 0 aromatic carbocycles. The first kappa shape index (κ1) is 12.7. The molecule has 2 rings (SSSR count). The summed E-state index contributed by atoms with van der Waals surface area (Å²) in [5.74, 6) is 0.623. The summed E-state index contributed by atoms with van der Waals surface area (Å²) in [5.41, 5.74) is 0.874. The van der Waals surface area contributed by atoms with Crippen molar-refractivity contribution in [2.75, 3.05) is 11.5 Å². The van der Waals surface area contributed by atoms with E-state index in [0.717, 1.165) is 12.1 Å². The number of rotatable bonds is 1. The molecule has 0 amide bonds. The Bertz CT molecular complexity index is 462. The molecule has 0 aromatic heterocycles. The van der Waals surface area contributed by atoms with Crippen molar-refractivity contribution in [2.45, 2.75) is 45.6 Å². The standard InChI is InChI=1S/C12H19NO3S/c1-12(2)6-10(5-11(14)7-12)13-9-3-4-17(15,16)8-9/h9H,3-8H2,1-2H3. The summed E-state index contributed by atoms with van der Waals surface area (Å²) in [6.45, 7) is 4.12. The van der Waals surface area contributed by atoms with Crippen LogP contribution in [0.5, 0.6) is 0 Å². The summed E-state index contributed by atoms with van der Waals surface area (Å²) >= 11 is 0. The molecule has 1 heterocycles. The van der Waals surface area contributed by atoms with Crippen molar-refractivity contribution in [1.29, 1.82) is 0 Å². The highest BCUT2D eigenvalue weighted by atomic mass is 32.2. The van der Waals surface area contributed by atoms with Crippen LogP contribution >= 0.6 is 0 Å². The van der Waals surface area contributed by atoms with E-state index in [4.69, 9.17) is 0 Å². The predicted molar refractivity (Wildman–Crippen MR) is 67.1 cm³/mol. The molecule has 0 N–H and O–H groups in total. The van der Waals surface area contributed by atoms with Crippen LogP contribution in [-0.2, 0) is 14.6 Å². The van der Waals surface area contributed by atoms with Crippen molar-refractivity contribution < 1.29 is 13.2 Å². The Kier molecular flexibility index (Phi) is 3.14. The molecule has 2 fully saturated rings. The molecule has 96 valence electrons. The molecule has 0 radical (unpaired) electrons. The van der Waals surface area contributed by atoms with E-state index in [1.165, 1.54) is 0 Å². The highest BCUT2D eigenvalue weighted by Gasteiger charge is 2.32. The van der Waals surface area contributed by atoms with Crippen LogP contribution in [-0.4, -0.2) is 37.5 Å². The van der Waals surface area contributed by atoms with E-state index in [2.05, 4.69) is 18.8 Å². The van der Waals surface area contributed by atoms with Crippen LogP contribution in [0.2, 0.25) is 0 Å². The fraction of sp³-hybridized carbons (Fsp3) is 0.833. The molecule has 1 atom stereocenters. The number of ketones is 1. The third-order valence-electron chi connectivity index (χ3n) is 3.33. The third-order valence-corrected chi connectivity index (χ3v) is 5.08. The summed E-state index contributed by atoms with van der Waals surface area (Å²) in [6.07, 6.45) is 2.45. The monoisotopic (exact) mass is 257 g/mol. The Hall–Kier alpha value is -0.710. The van der Waals surface area contributed by atoms with Gasteiger partial charge in [-0.2, -0.15) is 0 Å². The molecule has 4 nitrogen and oxygen atoms in total. The minimum atomic E-state index is -2.88. The zero-order valence-corrected chi connectivity index (χ0v) is 11.2. The van der Waals surface area contributed by atoms with E-state index in [1.807, 2.05) is 0 Å². The Morgan fingerprint density at radius 3 is 2.53 bits per heavy atom. The van der Waals surface area contributed by atoms with Gasteiger partial charge >= 0.3 is 0 Å². The molecular weight excluding hydrogens is 238 g/mol. The summed E-state index contributed by atoms with van der Waals surface area (Å²) in [4.78, 5) is 16.1. The van der Waals surface area contributed by atoms with Crippen LogP contribution in [0.25, 0.3) is 0 Å². The SMILES string of the molecule is CC1(C)CC(=O)CC(=NC2CCS(=O)(=O)C2)C1. The summed E-state index contributed by atoms with van der Waals surface area (Å²) in [7, 11) is -2.88. The normalized spacial score (nSPS) is 34.1. The van der Waals surface area contributed by atoms with Crippen molar-refractivity contribution >= 4 is 21.3 Å². The van der Waals surface area contributed by atoms with Gasteiger partial charge in [0.25, 0.3) is 0 Å². The van der Waals surface area contributed by atoms with E-state index in [1.54, 1.807) is 0 Å². The zero-order valence-electron chi connectivity index (χ0n) is 10.4. The lowest BCUT2D eigenvalue weighted by Gasteiger charge is -2.29. The van der Waals surface area contributed by atoms with E-state index in [0.29, 0.717) is 19.3 Å². The van der Waals surface area contributed by atoms with Crippen LogP contribution in [0, 0.1) is 5.41 Å². The van der Waals surface area contributed by atoms with Gasteiger partial charge in [-0.3, -0.25) is 9.79 Å². The van der Waals surface area contributed by atoms with E-state index < -0.39 is 9.84 Å². The largest absolute Gasteiger partial charge is 0.299 e. The summed E-state index contributed by atoms with van der Waals surface area (Å²) in [5, 5.41) is 0. The maximum Gasteiger partial charge on any atom is 0.152 e. The highest BCUT2D eigenvalue weighted by Crippen LogP contribution is 2.32. The van der Waals surface area contributed by atoms with Gasteiger partial charge < -0.3 is 0 Å².